The Labute approximate surface area is 145 Å². The lowest BCUT2D eigenvalue weighted by Gasteiger charge is -2.12. The van der Waals surface area contributed by atoms with Crippen molar-refractivity contribution in [1.29, 1.82) is 0 Å². The van der Waals surface area contributed by atoms with E-state index in [1.807, 2.05) is 19.9 Å². The molecule has 0 N–H and O–H groups in total. The SMILES string of the molecule is CCCCOC(=O)c1ccc(CC(C)C)cc1C(=O)OCCCC. The lowest BCUT2D eigenvalue weighted by Crippen LogP contribution is -2.16. The Balaban J connectivity index is 2.98. The molecule has 0 saturated carbocycles. The number of hydrogen-bond acceptors (Lipinski definition) is 4. The van der Waals surface area contributed by atoms with Gasteiger partial charge in [0.05, 0.1) is 24.3 Å². The number of esters is 2. The average molecular weight is 334 g/mol. The van der Waals surface area contributed by atoms with Crippen molar-refractivity contribution in [3.8, 4) is 0 Å². The topological polar surface area (TPSA) is 52.6 Å². The first kappa shape index (κ1) is 20.2. The van der Waals surface area contributed by atoms with E-state index in [1.54, 1.807) is 12.1 Å². The van der Waals surface area contributed by atoms with Crippen LogP contribution in [0.3, 0.4) is 0 Å². The zero-order valence-corrected chi connectivity index (χ0v) is 15.4. The highest BCUT2D eigenvalue weighted by molar-refractivity contribution is 6.03. The van der Waals surface area contributed by atoms with Gasteiger partial charge in [0.25, 0.3) is 0 Å². The molecule has 1 rings (SSSR count). The van der Waals surface area contributed by atoms with Gasteiger partial charge in [-0.05, 0) is 42.9 Å². The number of rotatable bonds is 10. The van der Waals surface area contributed by atoms with Crippen LogP contribution in [0.4, 0.5) is 0 Å². The fraction of sp³-hybridized carbons (Fsp3) is 0.600. The highest BCUT2D eigenvalue weighted by Gasteiger charge is 2.20. The van der Waals surface area contributed by atoms with Crippen molar-refractivity contribution in [3.05, 3.63) is 34.9 Å². The molecule has 1 aromatic carbocycles. The van der Waals surface area contributed by atoms with Crippen LogP contribution < -0.4 is 0 Å². The van der Waals surface area contributed by atoms with Crippen molar-refractivity contribution in [2.75, 3.05) is 13.2 Å². The standard InChI is InChI=1S/C20H30O4/c1-5-7-11-23-19(21)17-10-9-16(13-15(3)4)14-18(17)20(22)24-12-8-6-2/h9-10,14-15H,5-8,11-13H2,1-4H3. The molecule has 0 aliphatic heterocycles. The molecule has 0 aromatic heterocycles. The highest BCUT2D eigenvalue weighted by atomic mass is 16.5. The van der Waals surface area contributed by atoms with Gasteiger partial charge in [-0.2, -0.15) is 0 Å². The van der Waals surface area contributed by atoms with Crippen LogP contribution in [0.15, 0.2) is 18.2 Å². The van der Waals surface area contributed by atoms with Crippen molar-refractivity contribution in [1.82, 2.24) is 0 Å². The summed E-state index contributed by atoms with van der Waals surface area (Å²) >= 11 is 0. The Morgan fingerprint density at radius 3 is 1.96 bits per heavy atom. The van der Waals surface area contributed by atoms with Gasteiger partial charge in [0.1, 0.15) is 0 Å². The maximum absolute atomic E-state index is 12.4. The van der Waals surface area contributed by atoms with Crippen LogP contribution in [0.5, 0.6) is 0 Å². The maximum Gasteiger partial charge on any atom is 0.339 e. The summed E-state index contributed by atoms with van der Waals surface area (Å²) in [5, 5.41) is 0. The highest BCUT2D eigenvalue weighted by Crippen LogP contribution is 2.18. The maximum atomic E-state index is 12.4. The first-order valence-electron chi connectivity index (χ1n) is 8.96. The first-order valence-corrected chi connectivity index (χ1v) is 8.96. The number of carbonyl (C=O) groups is 2. The van der Waals surface area contributed by atoms with E-state index in [1.165, 1.54) is 0 Å². The minimum Gasteiger partial charge on any atom is -0.462 e. The number of benzene rings is 1. The van der Waals surface area contributed by atoms with Crippen LogP contribution in [-0.2, 0) is 15.9 Å². The second-order valence-corrected chi connectivity index (χ2v) is 6.46. The van der Waals surface area contributed by atoms with E-state index >= 15 is 0 Å². The van der Waals surface area contributed by atoms with Crippen LogP contribution >= 0.6 is 0 Å². The van der Waals surface area contributed by atoms with Crippen molar-refractivity contribution in [3.63, 3.8) is 0 Å². The molecule has 4 heteroatoms. The van der Waals surface area contributed by atoms with Crippen LogP contribution in [0, 0.1) is 5.92 Å². The molecular weight excluding hydrogens is 304 g/mol. The van der Waals surface area contributed by atoms with Gasteiger partial charge in [-0.15, -0.1) is 0 Å². The Bertz CT molecular complexity index is 534. The molecule has 24 heavy (non-hydrogen) atoms. The minimum absolute atomic E-state index is 0.292. The van der Waals surface area contributed by atoms with Gasteiger partial charge in [-0.3, -0.25) is 0 Å². The van der Waals surface area contributed by atoms with Crippen LogP contribution in [-0.4, -0.2) is 25.2 Å². The van der Waals surface area contributed by atoms with Gasteiger partial charge in [-0.25, -0.2) is 9.59 Å². The lowest BCUT2D eigenvalue weighted by molar-refractivity contribution is 0.0452. The van der Waals surface area contributed by atoms with E-state index in [0.29, 0.717) is 30.3 Å². The van der Waals surface area contributed by atoms with E-state index < -0.39 is 11.9 Å². The molecule has 0 fully saturated rings. The van der Waals surface area contributed by atoms with E-state index in [-0.39, 0.29) is 0 Å². The third kappa shape index (κ3) is 6.73. The third-order valence-electron chi connectivity index (χ3n) is 3.63. The van der Waals surface area contributed by atoms with Crippen molar-refractivity contribution in [2.45, 2.75) is 59.8 Å². The minimum atomic E-state index is -0.456. The van der Waals surface area contributed by atoms with E-state index in [0.717, 1.165) is 37.7 Å². The predicted octanol–water partition coefficient (Wildman–Crippen LogP) is 4.80. The largest absolute Gasteiger partial charge is 0.462 e. The number of unbranched alkanes of at least 4 members (excludes halogenated alkanes) is 2. The van der Waals surface area contributed by atoms with Gasteiger partial charge >= 0.3 is 11.9 Å². The first-order chi connectivity index (χ1) is 11.5. The zero-order valence-electron chi connectivity index (χ0n) is 15.4. The van der Waals surface area contributed by atoms with Crippen molar-refractivity contribution < 1.29 is 19.1 Å². The molecule has 0 atom stereocenters. The molecule has 0 aliphatic carbocycles. The van der Waals surface area contributed by atoms with Crippen LogP contribution in [0.1, 0.15) is 79.7 Å². The number of ether oxygens (including phenoxy) is 2. The summed E-state index contributed by atoms with van der Waals surface area (Å²) in [6.45, 7) is 9.04. The summed E-state index contributed by atoms with van der Waals surface area (Å²) in [7, 11) is 0. The molecule has 0 unspecified atom stereocenters. The smallest absolute Gasteiger partial charge is 0.339 e. The average Bonchev–Trinajstić information content (AvgIpc) is 2.54. The molecule has 0 saturated heterocycles. The van der Waals surface area contributed by atoms with Gasteiger partial charge in [0.15, 0.2) is 0 Å². The quantitative estimate of drug-likeness (QED) is 0.455. The van der Waals surface area contributed by atoms with E-state index in [2.05, 4.69) is 13.8 Å². The Morgan fingerprint density at radius 1 is 0.917 bits per heavy atom. The molecule has 1 aromatic rings. The Kier molecular flexibility index (Phi) is 9.13. The summed E-state index contributed by atoms with van der Waals surface area (Å²) < 4.78 is 10.6. The molecule has 0 spiro atoms. The summed E-state index contributed by atoms with van der Waals surface area (Å²) in [4.78, 5) is 24.7. The van der Waals surface area contributed by atoms with Crippen molar-refractivity contribution in [2.24, 2.45) is 5.92 Å². The predicted molar refractivity (Wildman–Crippen MR) is 95.4 cm³/mol. The van der Waals surface area contributed by atoms with Gasteiger partial charge in [-0.1, -0.05) is 46.6 Å². The fourth-order valence-corrected chi connectivity index (χ4v) is 2.31. The molecule has 0 bridgehead atoms. The van der Waals surface area contributed by atoms with Crippen molar-refractivity contribution >= 4 is 11.9 Å². The monoisotopic (exact) mass is 334 g/mol. The molecule has 0 amide bonds. The van der Waals surface area contributed by atoms with Gasteiger partial charge in [0, 0.05) is 0 Å². The van der Waals surface area contributed by atoms with E-state index in [4.69, 9.17) is 9.47 Å². The molecule has 134 valence electrons. The normalized spacial score (nSPS) is 10.7. The van der Waals surface area contributed by atoms with Gasteiger partial charge in [0.2, 0.25) is 0 Å². The molecule has 0 heterocycles. The summed E-state index contributed by atoms with van der Waals surface area (Å²) in [5.41, 5.74) is 1.63. The molecule has 0 radical (unpaired) electrons. The Morgan fingerprint density at radius 2 is 1.46 bits per heavy atom. The van der Waals surface area contributed by atoms with E-state index in [9.17, 15) is 9.59 Å². The zero-order chi connectivity index (χ0) is 17.9. The number of hydrogen-bond donors (Lipinski definition) is 0. The second-order valence-electron chi connectivity index (χ2n) is 6.46. The summed E-state index contributed by atoms with van der Waals surface area (Å²) in [5.74, 6) is -0.435. The lowest BCUT2D eigenvalue weighted by atomic mass is 9.98. The molecule has 0 aliphatic rings. The molecular formula is C20H30O4. The fourth-order valence-electron chi connectivity index (χ4n) is 2.31. The second kappa shape index (κ2) is 10.8. The third-order valence-corrected chi connectivity index (χ3v) is 3.63. The van der Waals surface area contributed by atoms with Crippen LogP contribution in [0.2, 0.25) is 0 Å². The molecule has 4 nitrogen and oxygen atoms in total. The summed E-state index contributed by atoms with van der Waals surface area (Å²) in [6, 6.07) is 5.34. The Hall–Kier alpha value is -1.84. The van der Waals surface area contributed by atoms with Crippen LogP contribution in [0.25, 0.3) is 0 Å². The summed E-state index contributed by atoms with van der Waals surface area (Å²) in [6.07, 6.45) is 4.38. The number of carbonyl (C=O) groups excluding carboxylic acids is 2. The van der Waals surface area contributed by atoms with Gasteiger partial charge < -0.3 is 9.47 Å².